The Balaban J connectivity index is 0.000000218. The minimum Gasteiger partial charge on any atom is -0.444 e. The van der Waals surface area contributed by atoms with Crippen LogP contribution in [0.1, 0.15) is 33.6 Å². The van der Waals surface area contributed by atoms with Crippen LogP contribution in [0.25, 0.3) is 0 Å². The zero-order valence-corrected chi connectivity index (χ0v) is 12.8. The molecule has 0 aliphatic carbocycles. The fourth-order valence-electron chi connectivity index (χ4n) is 2.01. The second kappa shape index (κ2) is 7.70. The molecule has 5 nitrogen and oxygen atoms in total. The third-order valence-corrected chi connectivity index (χ3v) is 3.12. The molecule has 0 atom stereocenters. The number of nitrogens with zero attached hydrogens (tertiary/aromatic N) is 1. The molecule has 2 fully saturated rings. The molecule has 0 saturated carbocycles. The Labute approximate surface area is 117 Å². The summed E-state index contributed by atoms with van der Waals surface area (Å²) < 4.78 is 5.21. The fourth-order valence-corrected chi connectivity index (χ4v) is 2.01. The van der Waals surface area contributed by atoms with Crippen molar-refractivity contribution in [1.29, 1.82) is 0 Å². The van der Waals surface area contributed by atoms with Gasteiger partial charge in [0.2, 0.25) is 0 Å². The average molecular weight is 271 g/mol. The van der Waals surface area contributed by atoms with Gasteiger partial charge in [-0.15, -0.1) is 0 Å². The number of carbonyl (C=O) groups excluding carboxylic acids is 1. The van der Waals surface area contributed by atoms with Gasteiger partial charge in [-0.3, -0.25) is 0 Å². The Morgan fingerprint density at radius 2 is 1.89 bits per heavy atom. The third kappa shape index (κ3) is 6.78. The summed E-state index contributed by atoms with van der Waals surface area (Å²) >= 11 is 0. The van der Waals surface area contributed by atoms with Crippen LogP contribution in [0.15, 0.2) is 0 Å². The highest BCUT2D eigenvalue weighted by atomic mass is 16.6. The van der Waals surface area contributed by atoms with Gasteiger partial charge < -0.3 is 20.3 Å². The van der Waals surface area contributed by atoms with Crippen LogP contribution in [0.2, 0.25) is 0 Å². The maximum atomic E-state index is 11.4. The molecule has 2 saturated heterocycles. The lowest BCUT2D eigenvalue weighted by atomic mass is 10.0. The van der Waals surface area contributed by atoms with Gasteiger partial charge in [0, 0.05) is 32.7 Å². The first-order chi connectivity index (χ1) is 8.92. The van der Waals surface area contributed by atoms with Crippen LogP contribution < -0.4 is 10.6 Å². The van der Waals surface area contributed by atoms with E-state index in [0.29, 0.717) is 0 Å². The maximum absolute atomic E-state index is 11.4. The number of nitrogens with one attached hydrogen (secondary N) is 2. The van der Waals surface area contributed by atoms with Crippen LogP contribution in [-0.2, 0) is 4.74 Å². The van der Waals surface area contributed by atoms with E-state index in [0.717, 1.165) is 31.8 Å². The van der Waals surface area contributed by atoms with Gasteiger partial charge >= 0.3 is 6.09 Å². The zero-order chi connectivity index (χ0) is 14.3. The molecular weight excluding hydrogens is 242 g/mol. The average Bonchev–Trinajstić information content (AvgIpc) is 2.75. The molecule has 2 N–H and O–H groups in total. The number of hydrogen-bond donors (Lipinski definition) is 2. The molecule has 0 aromatic rings. The number of rotatable bonds is 2. The molecule has 0 spiro atoms. The number of amides is 1. The normalized spacial score (nSPS) is 19.5. The summed E-state index contributed by atoms with van der Waals surface area (Å²) in [6.07, 6.45) is 2.05. The lowest BCUT2D eigenvalue weighted by Gasteiger charge is -2.26. The quantitative estimate of drug-likeness (QED) is 0.798. The van der Waals surface area contributed by atoms with Crippen LogP contribution in [0.3, 0.4) is 0 Å². The Morgan fingerprint density at radius 3 is 2.21 bits per heavy atom. The predicted octanol–water partition coefficient (Wildman–Crippen LogP) is 1.44. The molecule has 0 radical (unpaired) electrons. The summed E-state index contributed by atoms with van der Waals surface area (Å²) in [4.78, 5) is 13.1. The number of likely N-dealkylation sites (tertiary alicyclic amines) is 1. The standard InChI is InChI=1S/C9H17NO2.C5H12N2/c1-9(2,3)12-8(11)10-6-4-5-7-10;1-6-2-5-3-7-4-5/h4-7H2,1-3H3;5-7H,2-4H2,1H3. The molecule has 2 aliphatic rings. The van der Waals surface area contributed by atoms with Gasteiger partial charge in [0.05, 0.1) is 0 Å². The van der Waals surface area contributed by atoms with Gasteiger partial charge in [-0.05, 0) is 46.6 Å². The van der Waals surface area contributed by atoms with E-state index in [1.54, 1.807) is 4.90 Å². The van der Waals surface area contributed by atoms with Crippen LogP contribution in [-0.4, -0.2) is 56.4 Å². The smallest absolute Gasteiger partial charge is 0.410 e. The summed E-state index contributed by atoms with van der Waals surface area (Å²) in [6, 6.07) is 0. The largest absolute Gasteiger partial charge is 0.444 e. The van der Waals surface area contributed by atoms with Gasteiger partial charge in [0.1, 0.15) is 5.60 Å². The molecule has 19 heavy (non-hydrogen) atoms. The SMILES string of the molecule is CC(C)(C)OC(=O)N1CCCC1.CNCC1CNC1. The van der Waals surface area contributed by atoms with E-state index < -0.39 is 0 Å². The van der Waals surface area contributed by atoms with E-state index in [-0.39, 0.29) is 11.7 Å². The van der Waals surface area contributed by atoms with E-state index in [1.165, 1.54) is 19.6 Å². The van der Waals surface area contributed by atoms with Crippen molar-refractivity contribution in [3.8, 4) is 0 Å². The monoisotopic (exact) mass is 271 g/mol. The highest BCUT2D eigenvalue weighted by Gasteiger charge is 2.23. The second-order valence-corrected chi connectivity index (χ2v) is 6.26. The molecule has 112 valence electrons. The topological polar surface area (TPSA) is 53.6 Å². The lowest BCUT2D eigenvalue weighted by Crippen LogP contribution is -2.46. The van der Waals surface area contributed by atoms with Crippen molar-refractivity contribution < 1.29 is 9.53 Å². The highest BCUT2D eigenvalue weighted by molar-refractivity contribution is 5.68. The summed E-state index contributed by atoms with van der Waals surface area (Å²) in [7, 11) is 2.00. The van der Waals surface area contributed by atoms with Crippen molar-refractivity contribution in [2.45, 2.75) is 39.2 Å². The fraction of sp³-hybridized carbons (Fsp3) is 0.929. The molecule has 2 aliphatic heterocycles. The first kappa shape index (κ1) is 16.2. The van der Waals surface area contributed by atoms with Crippen molar-refractivity contribution in [2.75, 3.05) is 39.8 Å². The van der Waals surface area contributed by atoms with E-state index in [9.17, 15) is 4.79 Å². The molecule has 2 rings (SSSR count). The zero-order valence-electron chi connectivity index (χ0n) is 12.8. The molecule has 5 heteroatoms. The minimum absolute atomic E-state index is 0.167. The van der Waals surface area contributed by atoms with Gasteiger partial charge in [-0.25, -0.2) is 4.79 Å². The first-order valence-electron chi connectivity index (χ1n) is 7.25. The molecule has 1 amide bonds. The Bertz CT molecular complexity index is 266. The van der Waals surface area contributed by atoms with E-state index >= 15 is 0 Å². The minimum atomic E-state index is -0.361. The predicted molar refractivity (Wildman–Crippen MR) is 77.3 cm³/mol. The molecule has 0 bridgehead atoms. The van der Waals surface area contributed by atoms with Crippen molar-refractivity contribution in [2.24, 2.45) is 5.92 Å². The van der Waals surface area contributed by atoms with Gasteiger partial charge in [0.25, 0.3) is 0 Å². The van der Waals surface area contributed by atoms with Crippen molar-refractivity contribution in [3.63, 3.8) is 0 Å². The number of hydrogen-bond acceptors (Lipinski definition) is 4. The Morgan fingerprint density at radius 1 is 1.32 bits per heavy atom. The second-order valence-electron chi connectivity index (χ2n) is 6.26. The Kier molecular flexibility index (Phi) is 6.58. The van der Waals surface area contributed by atoms with E-state index in [2.05, 4.69) is 10.6 Å². The molecule has 0 unspecified atom stereocenters. The number of carbonyl (C=O) groups is 1. The maximum Gasteiger partial charge on any atom is 0.410 e. The van der Waals surface area contributed by atoms with Gasteiger partial charge in [-0.1, -0.05) is 0 Å². The molecule has 0 aromatic carbocycles. The van der Waals surface area contributed by atoms with Crippen LogP contribution in [0.5, 0.6) is 0 Å². The van der Waals surface area contributed by atoms with Crippen molar-refractivity contribution >= 4 is 6.09 Å². The summed E-state index contributed by atoms with van der Waals surface area (Å²) in [6.45, 7) is 11.0. The van der Waals surface area contributed by atoms with Crippen molar-refractivity contribution in [3.05, 3.63) is 0 Å². The van der Waals surface area contributed by atoms with Crippen LogP contribution >= 0.6 is 0 Å². The van der Waals surface area contributed by atoms with E-state index in [4.69, 9.17) is 4.74 Å². The summed E-state index contributed by atoms with van der Waals surface area (Å²) in [5.74, 6) is 0.907. The summed E-state index contributed by atoms with van der Waals surface area (Å²) in [5.41, 5.74) is -0.361. The Hall–Kier alpha value is -0.810. The van der Waals surface area contributed by atoms with E-state index in [1.807, 2.05) is 27.8 Å². The number of ether oxygens (including phenoxy) is 1. The van der Waals surface area contributed by atoms with Crippen LogP contribution in [0, 0.1) is 5.92 Å². The third-order valence-electron chi connectivity index (χ3n) is 3.12. The van der Waals surface area contributed by atoms with Crippen LogP contribution in [0.4, 0.5) is 4.79 Å². The lowest BCUT2D eigenvalue weighted by molar-refractivity contribution is 0.0295. The first-order valence-corrected chi connectivity index (χ1v) is 7.25. The van der Waals surface area contributed by atoms with Gasteiger partial charge in [-0.2, -0.15) is 0 Å². The van der Waals surface area contributed by atoms with Crippen molar-refractivity contribution in [1.82, 2.24) is 15.5 Å². The van der Waals surface area contributed by atoms with Gasteiger partial charge in [0.15, 0.2) is 0 Å². The molecule has 0 aromatic heterocycles. The highest BCUT2D eigenvalue weighted by Crippen LogP contribution is 2.14. The summed E-state index contributed by atoms with van der Waals surface area (Å²) in [5, 5.41) is 6.34. The molecule has 2 heterocycles. The molecular formula is C14H29N3O2.